The van der Waals surface area contributed by atoms with Crippen LogP contribution in [0, 0.1) is 13.8 Å². The summed E-state index contributed by atoms with van der Waals surface area (Å²) in [5.41, 5.74) is 0.428. The zero-order chi connectivity index (χ0) is 18.7. The van der Waals surface area contributed by atoms with Gasteiger partial charge in [0.05, 0.1) is 6.20 Å². The normalized spacial score (nSPS) is 22.9. The van der Waals surface area contributed by atoms with Crippen molar-refractivity contribution in [2.75, 3.05) is 24.5 Å². The van der Waals surface area contributed by atoms with Gasteiger partial charge in [-0.05, 0) is 26.3 Å². The average molecular weight is 358 g/mol. The number of aromatic nitrogens is 4. The third-order valence-electron chi connectivity index (χ3n) is 4.43. The predicted molar refractivity (Wildman–Crippen MR) is 93.7 cm³/mol. The Morgan fingerprint density at radius 2 is 2.08 bits per heavy atom. The zero-order valence-electron chi connectivity index (χ0n) is 14.8. The van der Waals surface area contributed by atoms with Crippen molar-refractivity contribution in [1.29, 1.82) is 0 Å². The van der Waals surface area contributed by atoms with Crippen LogP contribution in [-0.4, -0.2) is 67.4 Å². The van der Waals surface area contributed by atoms with Gasteiger partial charge >= 0.3 is 0 Å². The van der Waals surface area contributed by atoms with Crippen LogP contribution in [0.15, 0.2) is 24.7 Å². The SMILES string of the molecule is Cc1cc(C)nc(N2CC[C@@](O)(CNC(=O)c3cnccn3)[C@H](O)C2)n1. The van der Waals surface area contributed by atoms with E-state index in [2.05, 4.69) is 25.3 Å². The molecule has 0 bridgehead atoms. The maximum absolute atomic E-state index is 12.1. The number of piperidine rings is 1. The van der Waals surface area contributed by atoms with Gasteiger partial charge in [0.2, 0.25) is 5.95 Å². The van der Waals surface area contributed by atoms with Crippen molar-refractivity contribution >= 4 is 11.9 Å². The van der Waals surface area contributed by atoms with E-state index in [0.717, 1.165) is 11.4 Å². The number of nitrogens with zero attached hydrogens (tertiary/aromatic N) is 5. The molecular weight excluding hydrogens is 336 g/mol. The van der Waals surface area contributed by atoms with E-state index in [1.54, 1.807) is 0 Å². The summed E-state index contributed by atoms with van der Waals surface area (Å²) in [5, 5.41) is 23.8. The second kappa shape index (κ2) is 7.30. The average Bonchev–Trinajstić information content (AvgIpc) is 2.62. The molecule has 2 aromatic heterocycles. The minimum atomic E-state index is -1.42. The summed E-state index contributed by atoms with van der Waals surface area (Å²) >= 11 is 0. The van der Waals surface area contributed by atoms with E-state index in [0.29, 0.717) is 12.5 Å². The number of nitrogens with one attached hydrogen (secondary N) is 1. The van der Waals surface area contributed by atoms with Crippen LogP contribution in [0.4, 0.5) is 5.95 Å². The lowest BCUT2D eigenvalue weighted by Gasteiger charge is -2.42. The van der Waals surface area contributed by atoms with Crippen molar-refractivity contribution in [3.8, 4) is 0 Å². The molecule has 9 nitrogen and oxygen atoms in total. The highest BCUT2D eigenvalue weighted by Crippen LogP contribution is 2.25. The van der Waals surface area contributed by atoms with E-state index in [1.807, 2.05) is 24.8 Å². The maximum atomic E-state index is 12.1. The molecule has 1 fully saturated rings. The van der Waals surface area contributed by atoms with E-state index in [-0.39, 0.29) is 25.2 Å². The number of anilines is 1. The van der Waals surface area contributed by atoms with Gasteiger partial charge < -0.3 is 20.4 Å². The summed E-state index contributed by atoms with van der Waals surface area (Å²) in [6.45, 7) is 4.34. The summed E-state index contributed by atoms with van der Waals surface area (Å²) in [4.78, 5) is 30.4. The molecular formula is C17H22N6O3. The molecule has 1 aliphatic rings. The lowest BCUT2D eigenvalue weighted by molar-refractivity contribution is -0.0826. The first kappa shape index (κ1) is 18.2. The van der Waals surface area contributed by atoms with Gasteiger partial charge in [-0.2, -0.15) is 0 Å². The second-order valence-electron chi connectivity index (χ2n) is 6.54. The van der Waals surface area contributed by atoms with E-state index >= 15 is 0 Å². The number of amides is 1. The molecule has 2 atom stereocenters. The van der Waals surface area contributed by atoms with Crippen LogP contribution in [0.5, 0.6) is 0 Å². The number of aliphatic hydroxyl groups excluding tert-OH is 1. The van der Waals surface area contributed by atoms with Gasteiger partial charge in [-0.3, -0.25) is 9.78 Å². The molecule has 138 valence electrons. The van der Waals surface area contributed by atoms with Gasteiger partial charge in [0, 0.05) is 43.4 Å². The monoisotopic (exact) mass is 358 g/mol. The van der Waals surface area contributed by atoms with Crippen LogP contribution in [0.1, 0.15) is 28.3 Å². The largest absolute Gasteiger partial charge is 0.388 e. The molecule has 1 saturated heterocycles. The number of β-amino-alcohol motifs (C(OH)–C–C–N with tert-alkyl or cyclic N) is 1. The first-order valence-electron chi connectivity index (χ1n) is 8.39. The third-order valence-corrected chi connectivity index (χ3v) is 4.43. The molecule has 0 aliphatic carbocycles. The van der Waals surface area contributed by atoms with Gasteiger partial charge in [0.15, 0.2) is 0 Å². The number of hydrogen-bond donors (Lipinski definition) is 3. The van der Waals surface area contributed by atoms with Crippen molar-refractivity contribution in [2.45, 2.75) is 32.0 Å². The van der Waals surface area contributed by atoms with Gasteiger partial charge in [0.25, 0.3) is 5.91 Å². The molecule has 3 rings (SSSR count). The molecule has 1 amide bonds. The number of carbonyl (C=O) groups excluding carboxylic acids is 1. The number of rotatable bonds is 4. The van der Waals surface area contributed by atoms with Gasteiger partial charge in [-0.1, -0.05) is 0 Å². The Hall–Kier alpha value is -2.65. The Kier molecular flexibility index (Phi) is 5.10. The zero-order valence-corrected chi connectivity index (χ0v) is 14.8. The fourth-order valence-corrected chi connectivity index (χ4v) is 2.94. The summed E-state index contributed by atoms with van der Waals surface area (Å²) in [6, 6.07) is 1.88. The Morgan fingerprint density at radius 3 is 2.69 bits per heavy atom. The molecule has 9 heteroatoms. The highest BCUT2D eigenvalue weighted by Gasteiger charge is 2.41. The number of aryl methyl sites for hydroxylation is 2. The maximum Gasteiger partial charge on any atom is 0.271 e. The first-order chi connectivity index (χ1) is 12.4. The molecule has 26 heavy (non-hydrogen) atoms. The highest BCUT2D eigenvalue weighted by molar-refractivity contribution is 5.91. The smallest absolute Gasteiger partial charge is 0.271 e. The first-order valence-corrected chi connectivity index (χ1v) is 8.39. The predicted octanol–water partition coefficient (Wildman–Crippen LogP) is -0.384. The Labute approximate surface area is 151 Å². The van der Waals surface area contributed by atoms with Crippen molar-refractivity contribution in [2.24, 2.45) is 0 Å². The van der Waals surface area contributed by atoms with E-state index in [4.69, 9.17) is 0 Å². The van der Waals surface area contributed by atoms with Crippen molar-refractivity contribution in [3.05, 3.63) is 41.7 Å². The Balaban J connectivity index is 1.63. The molecule has 0 saturated carbocycles. The van der Waals surface area contributed by atoms with Gasteiger partial charge in [0.1, 0.15) is 17.4 Å². The molecule has 3 N–H and O–H groups in total. The van der Waals surface area contributed by atoms with Crippen LogP contribution in [0.3, 0.4) is 0 Å². The molecule has 0 unspecified atom stereocenters. The Morgan fingerprint density at radius 1 is 1.35 bits per heavy atom. The fraction of sp³-hybridized carbons (Fsp3) is 0.471. The molecule has 0 spiro atoms. The molecule has 2 aromatic rings. The number of aliphatic hydroxyl groups is 2. The molecule has 1 aliphatic heterocycles. The van der Waals surface area contributed by atoms with E-state index in [9.17, 15) is 15.0 Å². The summed E-state index contributed by atoms with van der Waals surface area (Å²) in [5.74, 6) is 0.0889. The molecule has 0 radical (unpaired) electrons. The third kappa shape index (κ3) is 3.94. The van der Waals surface area contributed by atoms with Crippen LogP contribution < -0.4 is 10.2 Å². The topological polar surface area (TPSA) is 124 Å². The minimum absolute atomic E-state index is 0.0783. The number of carbonyl (C=O) groups is 1. The lowest BCUT2D eigenvalue weighted by Crippen LogP contribution is -2.60. The molecule has 3 heterocycles. The van der Waals surface area contributed by atoms with Crippen LogP contribution in [0.2, 0.25) is 0 Å². The fourth-order valence-electron chi connectivity index (χ4n) is 2.94. The summed E-state index contributed by atoms with van der Waals surface area (Å²) < 4.78 is 0. The quantitative estimate of drug-likeness (QED) is 0.675. The van der Waals surface area contributed by atoms with Crippen LogP contribution >= 0.6 is 0 Å². The minimum Gasteiger partial charge on any atom is -0.388 e. The Bertz CT molecular complexity index is 767. The van der Waals surface area contributed by atoms with Crippen LogP contribution in [-0.2, 0) is 0 Å². The highest BCUT2D eigenvalue weighted by atomic mass is 16.3. The number of hydrogen-bond acceptors (Lipinski definition) is 8. The van der Waals surface area contributed by atoms with Crippen molar-refractivity contribution in [3.63, 3.8) is 0 Å². The van der Waals surface area contributed by atoms with E-state index in [1.165, 1.54) is 18.6 Å². The van der Waals surface area contributed by atoms with E-state index < -0.39 is 17.6 Å². The standard InChI is InChI=1S/C17H22N6O3/c1-11-7-12(2)22-16(21-11)23-6-3-17(26,14(24)9-23)10-20-15(25)13-8-18-4-5-19-13/h4-5,7-8,14,24,26H,3,6,9-10H2,1-2H3,(H,20,25)/t14-,17-/m1/s1. The summed E-state index contributed by atoms with van der Waals surface area (Å²) in [6.07, 6.45) is 3.45. The van der Waals surface area contributed by atoms with Crippen molar-refractivity contribution in [1.82, 2.24) is 25.3 Å². The summed E-state index contributed by atoms with van der Waals surface area (Å²) in [7, 11) is 0. The van der Waals surface area contributed by atoms with Gasteiger partial charge in [-0.15, -0.1) is 0 Å². The van der Waals surface area contributed by atoms with Crippen molar-refractivity contribution < 1.29 is 15.0 Å². The van der Waals surface area contributed by atoms with Gasteiger partial charge in [-0.25, -0.2) is 15.0 Å². The molecule has 0 aromatic carbocycles. The van der Waals surface area contributed by atoms with Crippen LogP contribution in [0.25, 0.3) is 0 Å². The lowest BCUT2D eigenvalue weighted by atomic mass is 9.88. The second-order valence-corrected chi connectivity index (χ2v) is 6.54.